The summed E-state index contributed by atoms with van der Waals surface area (Å²) >= 11 is 0. The van der Waals surface area contributed by atoms with Gasteiger partial charge >= 0.3 is 0 Å². The van der Waals surface area contributed by atoms with Crippen LogP contribution >= 0.6 is 0 Å². The molecule has 96 valence electrons. The molecule has 0 heterocycles. The fourth-order valence-corrected chi connectivity index (χ4v) is 1.67. The Balaban J connectivity index is 3.12. The second-order valence-electron chi connectivity index (χ2n) is 4.65. The summed E-state index contributed by atoms with van der Waals surface area (Å²) in [5.74, 6) is -1.46. The summed E-state index contributed by atoms with van der Waals surface area (Å²) < 4.78 is 26.5. The number of hydrogen-bond acceptors (Lipinski definition) is 3. The standard InChI is InChI=1S/C12H18F2N2O/c1-4-16(7-12(2,3)17)10-6-8(13)5-9(14)11(10)15/h5-6,17H,4,7,15H2,1-3H3. The Labute approximate surface area is 99.8 Å². The maximum atomic E-state index is 13.3. The van der Waals surface area contributed by atoms with Gasteiger partial charge in [-0.3, -0.25) is 0 Å². The van der Waals surface area contributed by atoms with Gasteiger partial charge in [0.2, 0.25) is 0 Å². The van der Waals surface area contributed by atoms with Crippen molar-refractivity contribution in [3.63, 3.8) is 0 Å². The molecule has 1 aromatic carbocycles. The topological polar surface area (TPSA) is 49.5 Å². The van der Waals surface area contributed by atoms with Crippen LogP contribution in [-0.2, 0) is 0 Å². The van der Waals surface area contributed by atoms with Gasteiger partial charge in [0.1, 0.15) is 5.82 Å². The second kappa shape index (κ2) is 4.87. The van der Waals surface area contributed by atoms with Gasteiger partial charge in [0.15, 0.2) is 5.82 Å². The van der Waals surface area contributed by atoms with E-state index in [4.69, 9.17) is 5.73 Å². The summed E-state index contributed by atoms with van der Waals surface area (Å²) in [6.07, 6.45) is 0. The van der Waals surface area contributed by atoms with Crippen LogP contribution in [0.1, 0.15) is 20.8 Å². The molecule has 17 heavy (non-hydrogen) atoms. The van der Waals surface area contributed by atoms with Gasteiger partial charge in [-0.1, -0.05) is 0 Å². The number of nitrogens with zero attached hydrogens (tertiary/aromatic N) is 1. The molecule has 0 bridgehead atoms. The van der Waals surface area contributed by atoms with Gasteiger partial charge in [-0.15, -0.1) is 0 Å². The van der Waals surface area contributed by atoms with Crippen LogP contribution in [0.2, 0.25) is 0 Å². The van der Waals surface area contributed by atoms with Gasteiger partial charge in [-0.05, 0) is 26.8 Å². The number of aliphatic hydroxyl groups is 1. The molecule has 0 aliphatic carbocycles. The van der Waals surface area contributed by atoms with Crippen molar-refractivity contribution in [3.05, 3.63) is 23.8 Å². The number of likely N-dealkylation sites (N-methyl/N-ethyl adjacent to an activating group) is 1. The first kappa shape index (κ1) is 13.7. The summed E-state index contributed by atoms with van der Waals surface area (Å²) in [7, 11) is 0. The van der Waals surface area contributed by atoms with Crippen molar-refractivity contribution in [1.82, 2.24) is 0 Å². The first-order valence-corrected chi connectivity index (χ1v) is 5.46. The van der Waals surface area contributed by atoms with E-state index in [1.807, 2.05) is 6.92 Å². The summed E-state index contributed by atoms with van der Waals surface area (Å²) in [6, 6.07) is 1.92. The van der Waals surface area contributed by atoms with Crippen molar-refractivity contribution in [2.45, 2.75) is 26.4 Å². The number of hydrogen-bond donors (Lipinski definition) is 2. The number of nitrogen functional groups attached to an aromatic ring is 1. The lowest BCUT2D eigenvalue weighted by Crippen LogP contribution is -2.39. The van der Waals surface area contributed by atoms with E-state index in [9.17, 15) is 13.9 Å². The first-order valence-electron chi connectivity index (χ1n) is 5.46. The van der Waals surface area contributed by atoms with Crippen molar-refractivity contribution in [2.75, 3.05) is 23.7 Å². The van der Waals surface area contributed by atoms with E-state index in [1.54, 1.807) is 18.7 Å². The highest BCUT2D eigenvalue weighted by Crippen LogP contribution is 2.28. The molecule has 0 radical (unpaired) electrons. The molecule has 3 N–H and O–H groups in total. The van der Waals surface area contributed by atoms with E-state index in [0.29, 0.717) is 6.54 Å². The molecule has 0 saturated carbocycles. The molecule has 1 rings (SSSR count). The molecule has 0 aliphatic heterocycles. The van der Waals surface area contributed by atoms with Crippen molar-refractivity contribution in [2.24, 2.45) is 0 Å². The maximum absolute atomic E-state index is 13.3. The number of benzene rings is 1. The fourth-order valence-electron chi connectivity index (χ4n) is 1.67. The van der Waals surface area contributed by atoms with Gasteiger partial charge in [-0.25, -0.2) is 8.78 Å². The Morgan fingerprint density at radius 1 is 1.35 bits per heavy atom. The van der Waals surface area contributed by atoms with E-state index >= 15 is 0 Å². The van der Waals surface area contributed by atoms with Crippen LogP contribution in [0, 0.1) is 11.6 Å². The minimum absolute atomic E-state index is 0.0995. The van der Waals surface area contributed by atoms with Crippen molar-refractivity contribution < 1.29 is 13.9 Å². The van der Waals surface area contributed by atoms with Gasteiger partial charge in [0.05, 0.1) is 17.0 Å². The summed E-state index contributed by atoms with van der Waals surface area (Å²) in [5, 5.41) is 9.74. The largest absolute Gasteiger partial charge is 0.395 e. The van der Waals surface area contributed by atoms with E-state index in [2.05, 4.69) is 0 Å². The van der Waals surface area contributed by atoms with E-state index in [1.165, 1.54) is 6.07 Å². The zero-order valence-electron chi connectivity index (χ0n) is 10.3. The molecule has 0 spiro atoms. The third-order valence-corrected chi connectivity index (χ3v) is 2.37. The van der Waals surface area contributed by atoms with Gasteiger partial charge in [-0.2, -0.15) is 0 Å². The Kier molecular flexibility index (Phi) is 3.93. The Hall–Kier alpha value is -1.36. The molecule has 0 aliphatic rings. The van der Waals surface area contributed by atoms with Crippen LogP contribution in [0.5, 0.6) is 0 Å². The molecule has 0 fully saturated rings. The lowest BCUT2D eigenvalue weighted by molar-refractivity contribution is 0.0876. The van der Waals surface area contributed by atoms with Crippen LogP contribution in [0.3, 0.4) is 0 Å². The Morgan fingerprint density at radius 2 is 1.94 bits per heavy atom. The predicted octanol–water partition coefficient (Wildman–Crippen LogP) is 2.14. The number of rotatable bonds is 4. The van der Waals surface area contributed by atoms with Crippen molar-refractivity contribution in [1.29, 1.82) is 0 Å². The smallest absolute Gasteiger partial charge is 0.151 e. The zero-order valence-corrected chi connectivity index (χ0v) is 10.3. The lowest BCUT2D eigenvalue weighted by atomic mass is 10.1. The first-order chi connectivity index (χ1) is 7.74. The quantitative estimate of drug-likeness (QED) is 0.798. The minimum Gasteiger partial charge on any atom is -0.395 e. The SMILES string of the molecule is CCN(CC(C)(C)O)c1cc(F)cc(F)c1N. The van der Waals surface area contributed by atoms with Crippen LogP contribution in [-0.4, -0.2) is 23.8 Å². The van der Waals surface area contributed by atoms with Gasteiger partial charge in [0, 0.05) is 19.2 Å². The van der Waals surface area contributed by atoms with Crippen LogP contribution < -0.4 is 10.6 Å². The maximum Gasteiger partial charge on any atom is 0.151 e. The Morgan fingerprint density at radius 3 is 2.41 bits per heavy atom. The van der Waals surface area contributed by atoms with E-state index in [-0.39, 0.29) is 17.9 Å². The van der Waals surface area contributed by atoms with E-state index in [0.717, 1.165) is 6.07 Å². The Bertz CT molecular complexity index is 402. The highest BCUT2D eigenvalue weighted by Gasteiger charge is 2.20. The van der Waals surface area contributed by atoms with Gasteiger partial charge < -0.3 is 15.7 Å². The second-order valence-corrected chi connectivity index (χ2v) is 4.65. The van der Waals surface area contributed by atoms with Crippen LogP contribution in [0.25, 0.3) is 0 Å². The number of nitrogens with two attached hydrogens (primary N) is 1. The summed E-state index contributed by atoms with van der Waals surface area (Å²) in [6.45, 7) is 5.82. The molecule has 0 unspecified atom stereocenters. The monoisotopic (exact) mass is 244 g/mol. The highest BCUT2D eigenvalue weighted by molar-refractivity contribution is 5.68. The number of halogens is 2. The van der Waals surface area contributed by atoms with Crippen LogP contribution in [0.15, 0.2) is 12.1 Å². The molecule has 0 atom stereocenters. The number of anilines is 2. The molecule has 0 aromatic heterocycles. The molecule has 1 aromatic rings. The zero-order chi connectivity index (χ0) is 13.2. The van der Waals surface area contributed by atoms with Gasteiger partial charge in [0.25, 0.3) is 0 Å². The third-order valence-electron chi connectivity index (χ3n) is 2.37. The molecular formula is C12H18F2N2O. The van der Waals surface area contributed by atoms with E-state index < -0.39 is 17.2 Å². The summed E-state index contributed by atoms with van der Waals surface area (Å²) in [4.78, 5) is 1.64. The normalized spacial score (nSPS) is 11.6. The molecule has 0 saturated heterocycles. The van der Waals surface area contributed by atoms with Crippen molar-refractivity contribution >= 4 is 11.4 Å². The summed E-state index contributed by atoms with van der Waals surface area (Å²) in [5.41, 5.74) is 4.79. The molecule has 0 amide bonds. The fraction of sp³-hybridized carbons (Fsp3) is 0.500. The lowest BCUT2D eigenvalue weighted by Gasteiger charge is -2.30. The molecular weight excluding hydrogens is 226 g/mol. The average Bonchev–Trinajstić information content (AvgIpc) is 2.18. The molecule has 3 nitrogen and oxygen atoms in total. The molecule has 5 heteroatoms. The minimum atomic E-state index is -0.967. The van der Waals surface area contributed by atoms with Crippen LogP contribution in [0.4, 0.5) is 20.2 Å². The average molecular weight is 244 g/mol. The predicted molar refractivity (Wildman–Crippen MR) is 65.0 cm³/mol. The third kappa shape index (κ3) is 3.56. The highest BCUT2D eigenvalue weighted by atomic mass is 19.1. The van der Waals surface area contributed by atoms with Crippen molar-refractivity contribution in [3.8, 4) is 0 Å².